The largest absolute Gasteiger partial charge is 0.376 e. The predicted molar refractivity (Wildman–Crippen MR) is 74.8 cm³/mol. The SMILES string of the molecule is CC(Nc1cc(F)cc(F)c1F)c1cc(Cl)ccc1Cl. The second kappa shape index (κ2) is 5.94. The van der Waals surface area contributed by atoms with Crippen LogP contribution < -0.4 is 5.32 Å². The Bertz CT molecular complexity index is 647. The van der Waals surface area contributed by atoms with Crippen molar-refractivity contribution in [2.24, 2.45) is 0 Å². The van der Waals surface area contributed by atoms with Gasteiger partial charge < -0.3 is 5.32 Å². The van der Waals surface area contributed by atoms with Crippen LogP contribution in [0.2, 0.25) is 10.0 Å². The lowest BCUT2D eigenvalue weighted by Crippen LogP contribution is -2.09. The summed E-state index contributed by atoms with van der Waals surface area (Å²) in [5.41, 5.74) is 0.328. The van der Waals surface area contributed by atoms with Crippen molar-refractivity contribution < 1.29 is 13.2 Å². The normalized spacial score (nSPS) is 12.3. The van der Waals surface area contributed by atoms with Crippen molar-refractivity contribution in [1.82, 2.24) is 0 Å². The highest BCUT2D eigenvalue weighted by Gasteiger charge is 2.15. The molecule has 20 heavy (non-hydrogen) atoms. The van der Waals surface area contributed by atoms with Gasteiger partial charge in [-0.2, -0.15) is 0 Å². The van der Waals surface area contributed by atoms with E-state index in [9.17, 15) is 13.2 Å². The highest BCUT2D eigenvalue weighted by atomic mass is 35.5. The average molecular weight is 320 g/mol. The monoisotopic (exact) mass is 319 g/mol. The van der Waals surface area contributed by atoms with E-state index >= 15 is 0 Å². The van der Waals surface area contributed by atoms with Crippen LogP contribution in [-0.2, 0) is 0 Å². The molecule has 1 N–H and O–H groups in total. The molecular weight excluding hydrogens is 310 g/mol. The summed E-state index contributed by atoms with van der Waals surface area (Å²) in [4.78, 5) is 0. The van der Waals surface area contributed by atoms with E-state index in [1.165, 1.54) is 0 Å². The lowest BCUT2D eigenvalue weighted by molar-refractivity contribution is 0.496. The molecule has 6 heteroatoms. The first kappa shape index (κ1) is 15.0. The summed E-state index contributed by atoms with van der Waals surface area (Å²) in [7, 11) is 0. The Labute approximate surface area is 124 Å². The van der Waals surface area contributed by atoms with E-state index in [1.807, 2.05) is 0 Å². The summed E-state index contributed by atoms with van der Waals surface area (Å²) >= 11 is 11.9. The first-order chi connectivity index (χ1) is 9.38. The summed E-state index contributed by atoms with van der Waals surface area (Å²) in [6.45, 7) is 1.68. The lowest BCUT2D eigenvalue weighted by atomic mass is 10.1. The van der Waals surface area contributed by atoms with Gasteiger partial charge in [-0.1, -0.05) is 23.2 Å². The third-order valence-corrected chi connectivity index (χ3v) is 3.37. The maximum atomic E-state index is 13.6. The third-order valence-electron chi connectivity index (χ3n) is 2.79. The molecule has 0 aliphatic heterocycles. The number of anilines is 1. The summed E-state index contributed by atoms with van der Waals surface area (Å²) in [5.74, 6) is -3.26. The second-order valence-electron chi connectivity index (χ2n) is 4.28. The number of halogens is 5. The van der Waals surface area contributed by atoms with Crippen LogP contribution in [0.15, 0.2) is 30.3 Å². The Morgan fingerprint density at radius 2 is 1.75 bits per heavy atom. The number of benzene rings is 2. The number of rotatable bonds is 3. The summed E-state index contributed by atoms with van der Waals surface area (Å²) in [6, 6.07) is 5.71. The molecule has 0 saturated carbocycles. The molecule has 0 aliphatic carbocycles. The van der Waals surface area contributed by atoms with Gasteiger partial charge >= 0.3 is 0 Å². The minimum atomic E-state index is -1.25. The molecule has 0 spiro atoms. The van der Waals surface area contributed by atoms with E-state index in [-0.39, 0.29) is 5.69 Å². The van der Waals surface area contributed by atoms with E-state index in [0.29, 0.717) is 21.7 Å². The Hall–Kier alpha value is -1.39. The van der Waals surface area contributed by atoms with Gasteiger partial charge in [0.2, 0.25) is 0 Å². The van der Waals surface area contributed by atoms with E-state index in [4.69, 9.17) is 23.2 Å². The molecule has 0 radical (unpaired) electrons. The standard InChI is InChI=1S/C14H10Cl2F3N/c1-7(10-4-8(15)2-3-11(10)16)20-13-6-9(17)5-12(18)14(13)19/h2-7,20H,1H3. The zero-order valence-electron chi connectivity index (χ0n) is 10.4. The Morgan fingerprint density at radius 1 is 1.05 bits per heavy atom. The van der Waals surface area contributed by atoms with Crippen molar-refractivity contribution in [3.8, 4) is 0 Å². The maximum absolute atomic E-state index is 13.6. The van der Waals surface area contributed by atoms with E-state index < -0.39 is 23.5 Å². The molecule has 1 unspecified atom stereocenters. The molecule has 2 aromatic rings. The van der Waals surface area contributed by atoms with Gasteiger partial charge in [0.15, 0.2) is 11.6 Å². The molecule has 1 atom stereocenters. The fourth-order valence-corrected chi connectivity index (χ4v) is 2.28. The van der Waals surface area contributed by atoms with Gasteiger partial charge in [-0.15, -0.1) is 0 Å². The van der Waals surface area contributed by atoms with Gasteiger partial charge in [0.05, 0.1) is 11.7 Å². The molecule has 106 valence electrons. The van der Waals surface area contributed by atoms with Crippen LogP contribution >= 0.6 is 23.2 Å². The third kappa shape index (κ3) is 3.19. The van der Waals surface area contributed by atoms with Crippen molar-refractivity contribution >= 4 is 28.9 Å². The van der Waals surface area contributed by atoms with Crippen LogP contribution in [0.4, 0.5) is 18.9 Å². The quantitative estimate of drug-likeness (QED) is 0.728. The van der Waals surface area contributed by atoms with Crippen molar-refractivity contribution in [3.63, 3.8) is 0 Å². The van der Waals surface area contributed by atoms with Crippen molar-refractivity contribution in [3.05, 3.63) is 63.4 Å². The molecule has 0 bridgehead atoms. The minimum Gasteiger partial charge on any atom is -0.376 e. The smallest absolute Gasteiger partial charge is 0.182 e. The van der Waals surface area contributed by atoms with Crippen LogP contribution in [0, 0.1) is 17.5 Å². The van der Waals surface area contributed by atoms with Crippen LogP contribution in [0.25, 0.3) is 0 Å². The van der Waals surface area contributed by atoms with Gasteiger partial charge in [-0.25, -0.2) is 13.2 Å². The zero-order chi connectivity index (χ0) is 14.9. The molecule has 1 nitrogen and oxygen atoms in total. The minimum absolute atomic E-state index is 0.272. The predicted octanol–water partition coefficient (Wildman–Crippen LogP) is 5.58. The number of nitrogens with one attached hydrogen (secondary N) is 1. The lowest BCUT2D eigenvalue weighted by Gasteiger charge is -2.18. The van der Waals surface area contributed by atoms with Crippen LogP contribution in [0.1, 0.15) is 18.5 Å². The van der Waals surface area contributed by atoms with Crippen molar-refractivity contribution in [2.75, 3.05) is 5.32 Å². The summed E-state index contributed by atoms with van der Waals surface area (Å²) in [5, 5.41) is 3.56. The van der Waals surface area contributed by atoms with E-state index in [0.717, 1.165) is 6.07 Å². The summed E-state index contributed by atoms with van der Waals surface area (Å²) in [6.07, 6.45) is 0. The first-order valence-corrected chi connectivity index (χ1v) is 6.50. The van der Waals surface area contributed by atoms with Gasteiger partial charge in [-0.05, 0) is 30.7 Å². The van der Waals surface area contributed by atoms with Crippen molar-refractivity contribution in [1.29, 1.82) is 0 Å². The molecule has 0 aromatic heterocycles. The van der Waals surface area contributed by atoms with E-state index in [1.54, 1.807) is 25.1 Å². The molecular formula is C14H10Cl2F3N. The topological polar surface area (TPSA) is 12.0 Å². The Balaban J connectivity index is 2.32. The molecule has 0 fully saturated rings. The van der Waals surface area contributed by atoms with Gasteiger partial charge in [0, 0.05) is 22.2 Å². The molecule has 0 aliphatic rings. The summed E-state index contributed by atoms with van der Waals surface area (Å²) < 4.78 is 39.8. The molecule has 0 heterocycles. The van der Waals surface area contributed by atoms with Crippen LogP contribution in [-0.4, -0.2) is 0 Å². The van der Waals surface area contributed by atoms with Gasteiger partial charge in [0.1, 0.15) is 5.82 Å². The Kier molecular flexibility index (Phi) is 4.45. The first-order valence-electron chi connectivity index (χ1n) is 5.74. The van der Waals surface area contributed by atoms with E-state index in [2.05, 4.69) is 5.32 Å². The number of hydrogen-bond donors (Lipinski definition) is 1. The average Bonchev–Trinajstić information content (AvgIpc) is 2.38. The van der Waals surface area contributed by atoms with Gasteiger partial charge in [-0.3, -0.25) is 0 Å². The number of hydrogen-bond acceptors (Lipinski definition) is 1. The maximum Gasteiger partial charge on any atom is 0.182 e. The fourth-order valence-electron chi connectivity index (χ4n) is 1.82. The van der Waals surface area contributed by atoms with Crippen molar-refractivity contribution in [2.45, 2.75) is 13.0 Å². The highest BCUT2D eigenvalue weighted by Crippen LogP contribution is 2.30. The van der Waals surface area contributed by atoms with Crippen LogP contribution in [0.3, 0.4) is 0 Å². The molecule has 2 rings (SSSR count). The second-order valence-corrected chi connectivity index (χ2v) is 5.12. The zero-order valence-corrected chi connectivity index (χ0v) is 11.9. The highest BCUT2D eigenvalue weighted by molar-refractivity contribution is 6.33. The fraction of sp³-hybridized carbons (Fsp3) is 0.143. The van der Waals surface area contributed by atoms with Crippen LogP contribution in [0.5, 0.6) is 0 Å². The Morgan fingerprint density at radius 3 is 2.45 bits per heavy atom. The molecule has 0 amide bonds. The molecule has 2 aromatic carbocycles. The van der Waals surface area contributed by atoms with Gasteiger partial charge in [0.25, 0.3) is 0 Å². The molecule has 0 saturated heterocycles.